The maximum atomic E-state index is 13.0. The molecule has 0 spiro atoms. The lowest BCUT2D eigenvalue weighted by molar-refractivity contribution is -0.120. The largest absolute Gasteiger partial charge is 0.444 e. The Morgan fingerprint density at radius 1 is 1.07 bits per heavy atom. The third kappa shape index (κ3) is 3.42. The fraction of sp³-hybridized carbons (Fsp3) is 0.364. The second-order valence-electron chi connectivity index (χ2n) is 7.31. The van der Waals surface area contributed by atoms with E-state index in [0.29, 0.717) is 0 Å². The molecule has 27 heavy (non-hydrogen) atoms. The summed E-state index contributed by atoms with van der Waals surface area (Å²) in [4.78, 5) is 26.6. The van der Waals surface area contributed by atoms with E-state index >= 15 is 0 Å². The number of hydrogen-bond donors (Lipinski definition) is 1. The maximum absolute atomic E-state index is 13.0. The first-order chi connectivity index (χ1) is 13.1. The Kier molecular flexibility index (Phi) is 4.84. The smallest absolute Gasteiger partial charge is 0.414 e. The summed E-state index contributed by atoms with van der Waals surface area (Å²) in [7, 11) is 0. The first-order valence-corrected chi connectivity index (χ1v) is 9.51. The lowest BCUT2D eigenvalue weighted by Crippen LogP contribution is -2.51. The van der Waals surface area contributed by atoms with E-state index in [1.807, 2.05) is 59.5 Å². The topological polar surface area (TPSA) is 58.6 Å². The average Bonchev–Trinajstić information content (AvgIpc) is 3.16. The van der Waals surface area contributed by atoms with E-state index in [9.17, 15) is 9.59 Å². The number of nitrogens with zero attached hydrogens (tertiary/aromatic N) is 1. The number of amides is 2. The van der Waals surface area contributed by atoms with Crippen LogP contribution >= 0.6 is 0 Å². The standard InChI is InChI=1S/C22H24N2O3/c1-15(25)23-21-17-10-5-6-12-19(17)24(20-13-7-11-18(20)21)22(26)27-14-16-8-3-2-4-9-16/h2-6,8-10,12,18,20-21H,7,11,13-14H2,1H3,(H,23,25). The Bertz CT molecular complexity index is 836. The Labute approximate surface area is 159 Å². The van der Waals surface area contributed by atoms with Gasteiger partial charge in [-0.25, -0.2) is 4.79 Å². The highest BCUT2D eigenvalue weighted by Crippen LogP contribution is 2.47. The van der Waals surface area contributed by atoms with Gasteiger partial charge in [0, 0.05) is 18.9 Å². The number of ether oxygens (including phenoxy) is 1. The molecule has 140 valence electrons. The summed E-state index contributed by atoms with van der Waals surface area (Å²) in [5.41, 5.74) is 2.81. The Morgan fingerprint density at radius 2 is 1.81 bits per heavy atom. The number of fused-ring (bicyclic) bond motifs is 2. The van der Waals surface area contributed by atoms with Crippen LogP contribution in [0, 0.1) is 5.92 Å². The Hall–Kier alpha value is -2.82. The van der Waals surface area contributed by atoms with Crippen molar-refractivity contribution in [3.8, 4) is 0 Å². The molecular formula is C22H24N2O3. The van der Waals surface area contributed by atoms with Crippen LogP contribution in [0.15, 0.2) is 54.6 Å². The number of hydrogen-bond acceptors (Lipinski definition) is 3. The molecule has 5 nitrogen and oxygen atoms in total. The maximum Gasteiger partial charge on any atom is 0.414 e. The molecule has 2 aromatic carbocycles. The molecule has 0 saturated heterocycles. The summed E-state index contributed by atoms with van der Waals surface area (Å²) < 4.78 is 5.65. The lowest BCUT2D eigenvalue weighted by Gasteiger charge is -2.43. The number of benzene rings is 2. The molecular weight excluding hydrogens is 340 g/mol. The molecule has 1 heterocycles. The Morgan fingerprint density at radius 3 is 2.59 bits per heavy atom. The minimum absolute atomic E-state index is 0.0412. The molecule has 4 rings (SSSR count). The van der Waals surface area contributed by atoms with Crippen molar-refractivity contribution in [3.63, 3.8) is 0 Å². The quantitative estimate of drug-likeness (QED) is 0.888. The van der Waals surface area contributed by atoms with Gasteiger partial charge in [-0.05, 0) is 30.0 Å². The highest BCUT2D eigenvalue weighted by atomic mass is 16.6. The van der Waals surface area contributed by atoms with Crippen molar-refractivity contribution < 1.29 is 14.3 Å². The van der Waals surface area contributed by atoms with E-state index in [4.69, 9.17) is 4.74 Å². The van der Waals surface area contributed by atoms with E-state index in [2.05, 4.69) is 5.32 Å². The highest BCUT2D eigenvalue weighted by molar-refractivity contribution is 5.91. The van der Waals surface area contributed by atoms with Gasteiger partial charge in [0.05, 0.1) is 11.7 Å². The van der Waals surface area contributed by atoms with Gasteiger partial charge in [-0.3, -0.25) is 9.69 Å². The van der Waals surface area contributed by atoms with E-state index in [-0.39, 0.29) is 36.6 Å². The fourth-order valence-electron chi connectivity index (χ4n) is 4.48. The van der Waals surface area contributed by atoms with Gasteiger partial charge in [0.25, 0.3) is 0 Å². The predicted octanol–water partition coefficient (Wildman–Crippen LogP) is 4.19. The summed E-state index contributed by atoms with van der Waals surface area (Å²) >= 11 is 0. The minimum Gasteiger partial charge on any atom is -0.444 e. The van der Waals surface area contributed by atoms with Gasteiger partial charge in [0.2, 0.25) is 5.91 Å². The zero-order valence-corrected chi connectivity index (χ0v) is 15.4. The number of anilines is 1. The van der Waals surface area contributed by atoms with E-state index in [1.165, 1.54) is 0 Å². The van der Waals surface area contributed by atoms with Gasteiger partial charge >= 0.3 is 6.09 Å². The molecule has 2 amide bonds. The molecule has 0 bridgehead atoms. The number of carbonyl (C=O) groups excluding carboxylic acids is 2. The summed E-state index contributed by atoms with van der Waals surface area (Å²) in [5.74, 6) is 0.175. The van der Waals surface area contributed by atoms with Crippen molar-refractivity contribution in [1.29, 1.82) is 0 Å². The third-order valence-electron chi connectivity index (χ3n) is 5.58. The Balaban J connectivity index is 1.63. The molecule has 1 aliphatic heterocycles. The molecule has 2 aromatic rings. The van der Waals surface area contributed by atoms with Crippen LogP contribution < -0.4 is 10.2 Å². The number of rotatable bonds is 3. The van der Waals surface area contributed by atoms with Crippen molar-refractivity contribution in [2.24, 2.45) is 5.92 Å². The van der Waals surface area contributed by atoms with Crippen LogP contribution in [0.4, 0.5) is 10.5 Å². The molecule has 1 fully saturated rings. The van der Waals surface area contributed by atoms with Crippen molar-refractivity contribution >= 4 is 17.7 Å². The zero-order chi connectivity index (χ0) is 18.8. The van der Waals surface area contributed by atoms with Crippen LogP contribution in [0.25, 0.3) is 0 Å². The average molecular weight is 364 g/mol. The summed E-state index contributed by atoms with van der Waals surface area (Å²) in [6.45, 7) is 1.80. The second-order valence-corrected chi connectivity index (χ2v) is 7.31. The van der Waals surface area contributed by atoms with Crippen LogP contribution in [-0.4, -0.2) is 18.0 Å². The second kappa shape index (κ2) is 7.43. The molecule has 0 radical (unpaired) electrons. The monoisotopic (exact) mass is 364 g/mol. The van der Waals surface area contributed by atoms with Crippen molar-refractivity contribution in [1.82, 2.24) is 5.32 Å². The summed E-state index contributed by atoms with van der Waals surface area (Å²) in [6, 6.07) is 17.5. The van der Waals surface area contributed by atoms with Crippen LogP contribution in [0.3, 0.4) is 0 Å². The number of nitrogens with one attached hydrogen (secondary N) is 1. The fourth-order valence-corrected chi connectivity index (χ4v) is 4.48. The third-order valence-corrected chi connectivity index (χ3v) is 5.58. The van der Waals surface area contributed by atoms with Gasteiger partial charge in [-0.2, -0.15) is 0 Å². The van der Waals surface area contributed by atoms with Crippen molar-refractivity contribution in [2.45, 2.75) is 44.9 Å². The van der Waals surface area contributed by atoms with Crippen molar-refractivity contribution in [3.05, 3.63) is 65.7 Å². The minimum atomic E-state index is -0.315. The van der Waals surface area contributed by atoms with Gasteiger partial charge < -0.3 is 10.1 Å². The summed E-state index contributed by atoms with van der Waals surface area (Å²) in [5, 5.41) is 3.11. The van der Waals surface area contributed by atoms with Gasteiger partial charge in [0.1, 0.15) is 6.61 Å². The molecule has 0 aromatic heterocycles. The SMILES string of the molecule is CC(=O)NC1c2ccccc2N(C(=O)OCc2ccccc2)C2CCCC12. The number of para-hydroxylation sites is 1. The van der Waals surface area contributed by atoms with Crippen LogP contribution in [0.1, 0.15) is 43.4 Å². The zero-order valence-electron chi connectivity index (χ0n) is 15.4. The van der Waals surface area contributed by atoms with Crippen LogP contribution in [0.2, 0.25) is 0 Å². The van der Waals surface area contributed by atoms with Gasteiger partial charge in [0.15, 0.2) is 0 Å². The first kappa shape index (κ1) is 17.6. The van der Waals surface area contributed by atoms with Crippen LogP contribution in [0.5, 0.6) is 0 Å². The molecule has 1 aliphatic carbocycles. The molecule has 3 atom stereocenters. The molecule has 1 saturated carbocycles. The molecule has 1 N–H and O–H groups in total. The van der Waals surface area contributed by atoms with E-state index in [0.717, 1.165) is 36.1 Å². The molecule has 5 heteroatoms. The van der Waals surface area contributed by atoms with Gasteiger partial charge in [-0.15, -0.1) is 0 Å². The predicted molar refractivity (Wildman–Crippen MR) is 103 cm³/mol. The first-order valence-electron chi connectivity index (χ1n) is 9.51. The van der Waals surface area contributed by atoms with Gasteiger partial charge in [-0.1, -0.05) is 55.0 Å². The van der Waals surface area contributed by atoms with Crippen LogP contribution in [-0.2, 0) is 16.1 Å². The number of carbonyl (C=O) groups is 2. The normalized spacial score (nSPS) is 23.3. The van der Waals surface area contributed by atoms with E-state index < -0.39 is 0 Å². The molecule has 3 unspecified atom stereocenters. The molecule has 2 aliphatic rings. The highest BCUT2D eigenvalue weighted by Gasteiger charge is 2.46. The summed E-state index contributed by atoms with van der Waals surface area (Å²) in [6.07, 6.45) is 2.65. The van der Waals surface area contributed by atoms with Crippen molar-refractivity contribution in [2.75, 3.05) is 4.90 Å². The lowest BCUT2D eigenvalue weighted by atomic mass is 9.83. The van der Waals surface area contributed by atoms with E-state index in [1.54, 1.807) is 6.92 Å².